The number of aromatic nitrogens is 2. The molecule has 0 fully saturated rings. The summed E-state index contributed by atoms with van der Waals surface area (Å²) in [6.45, 7) is 4.02. The summed E-state index contributed by atoms with van der Waals surface area (Å²) in [5, 5.41) is 8.64. The molecule has 0 unspecified atom stereocenters. The molecule has 0 N–H and O–H groups in total. The molecule has 1 heterocycles. The van der Waals surface area contributed by atoms with Crippen molar-refractivity contribution in [2.45, 2.75) is 19.8 Å². The first-order valence-corrected chi connectivity index (χ1v) is 6.04. The van der Waals surface area contributed by atoms with Gasteiger partial charge in [-0.3, -0.25) is 0 Å². The monoisotopic (exact) mass is 300 g/mol. The molecule has 5 heteroatoms. The van der Waals surface area contributed by atoms with Crippen LogP contribution in [0.2, 0.25) is 5.02 Å². The largest absolute Gasteiger partial charge is 0.420 e. The molecule has 0 radical (unpaired) electrons. The van der Waals surface area contributed by atoms with Gasteiger partial charge in [-0.2, -0.15) is 0 Å². The third kappa shape index (κ3) is 2.28. The van der Waals surface area contributed by atoms with Crippen LogP contribution in [0.5, 0.6) is 0 Å². The lowest BCUT2D eigenvalue weighted by Gasteiger charge is -1.98. The molecule has 0 aliphatic heterocycles. The van der Waals surface area contributed by atoms with Gasteiger partial charge in [0, 0.05) is 16.0 Å². The van der Waals surface area contributed by atoms with E-state index in [0.29, 0.717) is 16.8 Å². The Bertz CT molecular complexity index is 510. The van der Waals surface area contributed by atoms with Crippen molar-refractivity contribution in [3.05, 3.63) is 33.6 Å². The highest BCUT2D eigenvalue weighted by molar-refractivity contribution is 9.10. The van der Waals surface area contributed by atoms with Gasteiger partial charge in [-0.05, 0) is 34.1 Å². The Labute approximate surface area is 107 Å². The second kappa shape index (κ2) is 4.55. The van der Waals surface area contributed by atoms with Crippen LogP contribution in [-0.4, -0.2) is 10.2 Å². The summed E-state index contributed by atoms with van der Waals surface area (Å²) in [7, 11) is 0. The van der Waals surface area contributed by atoms with Gasteiger partial charge in [0.25, 0.3) is 0 Å². The summed E-state index contributed by atoms with van der Waals surface area (Å²) in [6, 6.07) is 5.50. The minimum Gasteiger partial charge on any atom is -0.420 e. The zero-order chi connectivity index (χ0) is 11.7. The van der Waals surface area contributed by atoms with Crippen LogP contribution in [0.1, 0.15) is 25.7 Å². The molecule has 0 aliphatic rings. The quantitative estimate of drug-likeness (QED) is 0.831. The van der Waals surface area contributed by atoms with Gasteiger partial charge >= 0.3 is 0 Å². The summed E-state index contributed by atoms with van der Waals surface area (Å²) >= 11 is 9.27. The highest BCUT2D eigenvalue weighted by atomic mass is 79.9. The SMILES string of the molecule is CC(C)c1nnc(-c2ccc(Cl)c(Br)c2)o1. The Kier molecular flexibility index (Phi) is 3.30. The van der Waals surface area contributed by atoms with Crippen LogP contribution in [0.3, 0.4) is 0 Å². The van der Waals surface area contributed by atoms with Crippen molar-refractivity contribution in [2.24, 2.45) is 0 Å². The Hall–Kier alpha value is -0.870. The molecule has 1 aromatic carbocycles. The third-order valence-electron chi connectivity index (χ3n) is 2.10. The zero-order valence-corrected chi connectivity index (χ0v) is 11.2. The van der Waals surface area contributed by atoms with E-state index in [9.17, 15) is 0 Å². The molecule has 0 atom stereocenters. The van der Waals surface area contributed by atoms with E-state index in [1.807, 2.05) is 26.0 Å². The van der Waals surface area contributed by atoms with Gasteiger partial charge in [0.1, 0.15) is 0 Å². The van der Waals surface area contributed by atoms with Crippen molar-refractivity contribution in [1.82, 2.24) is 10.2 Å². The summed E-state index contributed by atoms with van der Waals surface area (Å²) in [5.74, 6) is 1.39. The van der Waals surface area contributed by atoms with E-state index in [-0.39, 0.29) is 5.92 Å². The molecule has 3 nitrogen and oxygen atoms in total. The average molecular weight is 302 g/mol. The molecule has 1 aromatic heterocycles. The first kappa shape index (κ1) is 11.6. The van der Waals surface area contributed by atoms with E-state index in [2.05, 4.69) is 26.1 Å². The lowest BCUT2D eigenvalue weighted by atomic mass is 10.2. The Balaban J connectivity index is 2.39. The van der Waals surface area contributed by atoms with Gasteiger partial charge in [-0.1, -0.05) is 25.4 Å². The topological polar surface area (TPSA) is 38.9 Å². The second-order valence-electron chi connectivity index (χ2n) is 3.73. The second-order valence-corrected chi connectivity index (χ2v) is 4.99. The number of nitrogens with zero attached hydrogens (tertiary/aromatic N) is 2. The van der Waals surface area contributed by atoms with Crippen LogP contribution in [-0.2, 0) is 0 Å². The fourth-order valence-electron chi connectivity index (χ4n) is 1.21. The predicted molar refractivity (Wildman–Crippen MR) is 66.5 cm³/mol. The third-order valence-corrected chi connectivity index (χ3v) is 3.32. The van der Waals surface area contributed by atoms with Crippen molar-refractivity contribution in [1.29, 1.82) is 0 Å². The predicted octanol–water partition coefficient (Wildman–Crippen LogP) is 4.28. The fraction of sp³-hybridized carbons (Fsp3) is 0.273. The smallest absolute Gasteiger partial charge is 0.247 e. The summed E-state index contributed by atoms with van der Waals surface area (Å²) < 4.78 is 6.36. The molecule has 84 valence electrons. The first-order valence-electron chi connectivity index (χ1n) is 4.86. The van der Waals surface area contributed by atoms with Crippen LogP contribution in [0, 0.1) is 0 Å². The van der Waals surface area contributed by atoms with Crippen molar-refractivity contribution in [3.63, 3.8) is 0 Å². The van der Waals surface area contributed by atoms with Crippen LogP contribution < -0.4 is 0 Å². The number of hydrogen-bond acceptors (Lipinski definition) is 3. The van der Waals surface area contributed by atoms with Gasteiger partial charge in [0.05, 0.1) is 5.02 Å². The number of hydrogen-bond donors (Lipinski definition) is 0. The van der Waals surface area contributed by atoms with Crippen LogP contribution in [0.15, 0.2) is 27.1 Å². The maximum absolute atomic E-state index is 5.91. The zero-order valence-electron chi connectivity index (χ0n) is 8.87. The minimum atomic E-state index is 0.233. The van der Waals surface area contributed by atoms with Crippen molar-refractivity contribution >= 4 is 27.5 Å². The molecule has 16 heavy (non-hydrogen) atoms. The average Bonchev–Trinajstić information content (AvgIpc) is 2.71. The summed E-state index contributed by atoms with van der Waals surface area (Å²) in [6.07, 6.45) is 0. The Morgan fingerprint density at radius 1 is 1.31 bits per heavy atom. The van der Waals surface area contributed by atoms with E-state index in [0.717, 1.165) is 10.0 Å². The molecular weight excluding hydrogens is 291 g/mol. The van der Waals surface area contributed by atoms with Crippen molar-refractivity contribution < 1.29 is 4.42 Å². The van der Waals surface area contributed by atoms with E-state index in [4.69, 9.17) is 16.0 Å². The van der Waals surface area contributed by atoms with E-state index >= 15 is 0 Å². The van der Waals surface area contributed by atoms with Gasteiger partial charge in [-0.25, -0.2) is 0 Å². The lowest BCUT2D eigenvalue weighted by molar-refractivity contribution is 0.481. The molecular formula is C11H10BrClN2O. The van der Waals surface area contributed by atoms with Crippen LogP contribution in [0.25, 0.3) is 11.5 Å². The molecule has 0 bridgehead atoms. The van der Waals surface area contributed by atoms with E-state index < -0.39 is 0 Å². The number of halogens is 2. The normalized spacial score (nSPS) is 11.1. The van der Waals surface area contributed by atoms with E-state index in [1.165, 1.54) is 0 Å². The first-order chi connectivity index (χ1) is 7.58. The molecule has 0 saturated carbocycles. The van der Waals surface area contributed by atoms with Gasteiger partial charge in [-0.15, -0.1) is 10.2 Å². The molecule has 0 saturated heterocycles. The number of benzene rings is 1. The highest BCUT2D eigenvalue weighted by Gasteiger charge is 2.12. The molecule has 2 rings (SSSR count). The van der Waals surface area contributed by atoms with E-state index in [1.54, 1.807) is 6.07 Å². The fourth-order valence-corrected chi connectivity index (χ4v) is 1.71. The van der Waals surface area contributed by atoms with Gasteiger partial charge in [0.2, 0.25) is 11.8 Å². The maximum Gasteiger partial charge on any atom is 0.247 e. The summed E-state index contributed by atoms with van der Waals surface area (Å²) in [5.41, 5.74) is 0.857. The molecule has 0 amide bonds. The maximum atomic E-state index is 5.91. The summed E-state index contributed by atoms with van der Waals surface area (Å²) in [4.78, 5) is 0. The standard InChI is InChI=1S/C11H10BrClN2O/c1-6(2)10-14-15-11(16-10)7-3-4-9(13)8(12)5-7/h3-6H,1-2H3. The van der Waals surface area contributed by atoms with Crippen LogP contribution in [0.4, 0.5) is 0 Å². The van der Waals surface area contributed by atoms with Gasteiger partial charge < -0.3 is 4.42 Å². The minimum absolute atomic E-state index is 0.233. The molecule has 2 aromatic rings. The number of rotatable bonds is 2. The van der Waals surface area contributed by atoms with Crippen molar-refractivity contribution in [3.8, 4) is 11.5 Å². The Morgan fingerprint density at radius 3 is 2.62 bits per heavy atom. The Morgan fingerprint density at radius 2 is 2.06 bits per heavy atom. The highest BCUT2D eigenvalue weighted by Crippen LogP contribution is 2.28. The van der Waals surface area contributed by atoms with Gasteiger partial charge in [0.15, 0.2) is 0 Å². The molecule has 0 aliphatic carbocycles. The lowest BCUT2D eigenvalue weighted by Crippen LogP contribution is -1.85. The van der Waals surface area contributed by atoms with Crippen molar-refractivity contribution in [2.75, 3.05) is 0 Å². The molecule has 0 spiro atoms. The van der Waals surface area contributed by atoms with Crippen LogP contribution >= 0.6 is 27.5 Å².